The van der Waals surface area contributed by atoms with Crippen LogP contribution >= 0.6 is 0 Å². The molecule has 1 aliphatic rings. The molecule has 0 saturated carbocycles. The van der Waals surface area contributed by atoms with E-state index in [4.69, 9.17) is 13.7 Å². The number of hydrogen-bond donors (Lipinski definition) is 0. The van der Waals surface area contributed by atoms with Crippen LogP contribution in [0.4, 0.5) is 0 Å². The van der Waals surface area contributed by atoms with E-state index in [1.807, 2.05) is 49.4 Å². The molecule has 3 aromatic carbocycles. The van der Waals surface area contributed by atoms with E-state index in [9.17, 15) is 8.42 Å². The molecular formula is C25H26O5S. The lowest BCUT2D eigenvalue weighted by Crippen LogP contribution is -2.08. The number of fused-ring (bicyclic) bond motifs is 1. The number of rotatable bonds is 9. The van der Waals surface area contributed by atoms with Gasteiger partial charge in [-0.3, -0.25) is 4.18 Å². The van der Waals surface area contributed by atoms with E-state index in [1.165, 1.54) is 0 Å². The lowest BCUT2D eigenvalue weighted by atomic mass is 10.0. The molecular weight excluding hydrogens is 412 g/mol. The second-order valence-corrected chi connectivity index (χ2v) is 9.25. The number of benzene rings is 3. The standard InChI is InChI=1S/C25H26O5S/c1-19-9-11-23(12-10-19)31(26,27)30-14-5-8-21-16-24-22(13-15-28-24)17-25(21)29-18-20-6-3-2-4-7-20/h2-4,6-7,9-12,16-17H,5,8,13-15,18H2,1H3. The molecule has 0 saturated heterocycles. The Kier molecular flexibility index (Phi) is 6.59. The first kappa shape index (κ1) is 21.4. The third-order valence-corrected chi connectivity index (χ3v) is 6.57. The van der Waals surface area contributed by atoms with Crippen LogP contribution in [-0.2, 0) is 33.7 Å². The summed E-state index contributed by atoms with van der Waals surface area (Å²) in [7, 11) is -3.75. The summed E-state index contributed by atoms with van der Waals surface area (Å²) in [6, 6.07) is 20.7. The second kappa shape index (κ2) is 9.54. The van der Waals surface area contributed by atoms with Gasteiger partial charge in [0.15, 0.2) is 0 Å². The summed E-state index contributed by atoms with van der Waals surface area (Å²) in [6.07, 6.45) is 2.05. The number of ether oxygens (including phenoxy) is 2. The molecule has 5 nitrogen and oxygen atoms in total. The van der Waals surface area contributed by atoms with Crippen LogP contribution in [0.3, 0.4) is 0 Å². The van der Waals surface area contributed by atoms with Crippen LogP contribution < -0.4 is 9.47 Å². The molecule has 3 aromatic rings. The topological polar surface area (TPSA) is 61.8 Å². The van der Waals surface area contributed by atoms with E-state index in [2.05, 4.69) is 0 Å². The van der Waals surface area contributed by atoms with E-state index in [1.54, 1.807) is 24.3 Å². The van der Waals surface area contributed by atoms with Gasteiger partial charge in [0.1, 0.15) is 18.1 Å². The van der Waals surface area contributed by atoms with Gasteiger partial charge in [0.2, 0.25) is 0 Å². The van der Waals surface area contributed by atoms with E-state index >= 15 is 0 Å². The van der Waals surface area contributed by atoms with Crippen molar-refractivity contribution in [2.75, 3.05) is 13.2 Å². The van der Waals surface area contributed by atoms with Crippen molar-refractivity contribution in [1.82, 2.24) is 0 Å². The van der Waals surface area contributed by atoms with Crippen molar-refractivity contribution in [2.45, 2.75) is 37.7 Å². The Hall–Kier alpha value is -2.83. The van der Waals surface area contributed by atoms with Gasteiger partial charge in [0.05, 0.1) is 18.1 Å². The van der Waals surface area contributed by atoms with Crippen molar-refractivity contribution in [3.63, 3.8) is 0 Å². The molecule has 0 spiro atoms. The fourth-order valence-electron chi connectivity index (χ4n) is 3.51. The van der Waals surface area contributed by atoms with E-state index in [-0.39, 0.29) is 11.5 Å². The Morgan fingerprint density at radius 3 is 2.55 bits per heavy atom. The lowest BCUT2D eigenvalue weighted by Gasteiger charge is -2.14. The Balaban J connectivity index is 1.39. The van der Waals surface area contributed by atoms with Gasteiger partial charge in [-0.15, -0.1) is 0 Å². The van der Waals surface area contributed by atoms with Crippen LogP contribution in [0.15, 0.2) is 71.6 Å². The molecule has 0 radical (unpaired) electrons. The Bertz CT molecular complexity index is 1120. The van der Waals surface area contributed by atoms with Crippen LogP contribution in [0.2, 0.25) is 0 Å². The van der Waals surface area contributed by atoms with Crippen molar-refractivity contribution in [3.05, 3.63) is 89.0 Å². The Morgan fingerprint density at radius 2 is 1.77 bits per heavy atom. The average Bonchev–Trinajstić information content (AvgIpc) is 3.23. The normalized spacial score (nSPS) is 12.9. The second-order valence-electron chi connectivity index (χ2n) is 7.63. The van der Waals surface area contributed by atoms with Gasteiger partial charge in [-0.2, -0.15) is 8.42 Å². The molecule has 1 heterocycles. The monoisotopic (exact) mass is 438 g/mol. The van der Waals surface area contributed by atoms with Crippen molar-refractivity contribution in [3.8, 4) is 11.5 Å². The van der Waals surface area contributed by atoms with Crippen molar-refractivity contribution in [2.24, 2.45) is 0 Å². The first-order valence-electron chi connectivity index (χ1n) is 10.4. The van der Waals surface area contributed by atoms with Gasteiger partial charge in [-0.05, 0) is 55.2 Å². The van der Waals surface area contributed by atoms with E-state index in [0.717, 1.165) is 40.2 Å². The lowest BCUT2D eigenvalue weighted by molar-refractivity contribution is 0.296. The zero-order chi connectivity index (χ0) is 21.7. The molecule has 0 fully saturated rings. The molecule has 6 heteroatoms. The van der Waals surface area contributed by atoms with Gasteiger partial charge >= 0.3 is 0 Å². The maximum Gasteiger partial charge on any atom is 0.296 e. The summed E-state index contributed by atoms with van der Waals surface area (Å²) in [4.78, 5) is 0.177. The summed E-state index contributed by atoms with van der Waals surface area (Å²) in [5, 5.41) is 0. The highest BCUT2D eigenvalue weighted by atomic mass is 32.2. The van der Waals surface area contributed by atoms with Crippen LogP contribution in [0.25, 0.3) is 0 Å². The molecule has 162 valence electrons. The quantitative estimate of drug-likeness (QED) is 0.353. The smallest absolute Gasteiger partial charge is 0.296 e. The molecule has 0 unspecified atom stereocenters. The highest BCUT2D eigenvalue weighted by molar-refractivity contribution is 7.86. The minimum Gasteiger partial charge on any atom is -0.493 e. The zero-order valence-corrected chi connectivity index (χ0v) is 18.4. The summed E-state index contributed by atoms with van der Waals surface area (Å²) < 4.78 is 41.8. The Labute approximate surface area is 183 Å². The molecule has 0 atom stereocenters. The average molecular weight is 439 g/mol. The molecule has 0 bridgehead atoms. The van der Waals surface area contributed by atoms with Crippen LogP contribution in [0.1, 0.15) is 28.7 Å². The van der Waals surface area contributed by atoms with Gasteiger partial charge in [0, 0.05) is 12.0 Å². The molecule has 1 aliphatic heterocycles. The molecule has 0 amide bonds. The van der Waals surface area contributed by atoms with Crippen LogP contribution in [0.5, 0.6) is 11.5 Å². The largest absolute Gasteiger partial charge is 0.493 e. The SMILES string of the molecule is Cc1ccc(S(=O)(=O)OCCCc2cc3c(cc2OCc2ccccc2)CCO3)cc1. The third kappa shape index (κ3) is 5.46. The maximum atomic E-state index is 12.4. The molecule has 0 N–H and O–H groups in total. The van der Waals surface area contributed by atoms with Gasteiger partial charge in [-0.1, -0.05) is 48.0 Å². The van der Waals surface area contributed by atoms with E-state index < -0.39 is 10.1 Å². The van der Waals surface area contributed by atoms with Crippen molar-refractivity contribution >= 4 is 10.1 Å². The third-order valence-electron chi connectivity index (χ3n) is 5.25. The minimum absolute atomic E-state index is 0.103. The maximum absolute atomic E-state index is 12.4. The van der Waals surface area contributed by atoms with E-state index in [0.29, 0.717) is 26.1 Å². The zero-order valence-electron chi connectivity index (χ0n) is 17.5. The van der Waals surface area contributed by atoms with Crippen molar-refractivity contribution < 1.29 is 22.1 Å². The summed E-state index contributed by atoms with van der Waals surface area (Å²) >= 11 is 0. The van der Waals surface area contributed by atoms with Gasteiger partial charge in [0.25, 0.3) is 10.1 Å². The summed E-state index contributed by atoms with van der Waals surface area (Å²) in [5.41, 5.74) is 4.23. The van der Waals surface area contributed by atoms with Crippen LogP contribution in [0, 0.1) is 6.92 Å². The molecule has 0 aromatic heterocycles. The van der Waals surface area contributed by atoms with Gasteiger partial charge < -0.3 is 9.47 Å². The number of hydrogen-bond acceptors (Lipinski definition) is 5. The molecule has 31 heavy (non-hydrogen) atoms. The summed E-state index contributed by atoms with van der Waals surface area (Å²) in [6.45, 7) is 3.17. The molecule has 0 aliphatic carbocycles. The summed E-state index contributed by atoms with van der Waals surface area (Å²) in [5.74, 6) is 1.70. The highest BCUT2D eigenvalue weighted by Crippen LogP contribution is 2.34. The predicted molar refractivity (Wildman–Crippen MR) is 119 cm³/mol. The predicted octanol–water partition coefficient (Wildman–Crippen LogP) is 4.85. The minimum atomic E-state index is -3.75. The fraction of sp³-hybridized carbons (Fsp3) is 0.280. The highest BCUT2D eigenvalue weighted by Gasteiger charge is 2.18. The van der Waals surface area contributed by atoms with Gasteiger partial charge in [-0.25, -0.2) is 0 Å². The number of aryl methyl sites for hydroxylation is 2. The van der Waals surface area contributed by atoms with Crippen molar-refractivity contribution in [1.29, 1.82) is 0 Å². The first-order valence-corrected chi connectivity index (χ1v) is 11.8. The van der Waals surface area contributed by atoms with Crippen LogP contribution in [-0.4, -0.2) is 21.6 Å². The molecule has 4 rings (SSSR count). The first-order chi connectivity index (χ1) is 15.0. The Morgan fingerprint density at radius 1 is 1.00 bits per heavy atom. The fourth-order valence-corrected chi connectivity index (χ4v) is 4.46.